The number of halogens is 3. The molecule has 3 aromatic carbocycles. The predicted octanol–water partition coefficient (Wildman–Crippen LogP) is 7.34. The Morgan fingerprint density at radius 3 is 2.38 bits per heavy atom. The lowest BCUT2D eigenvalue weighted by Gasteiger charge is -2.09. The van der Waals surface area contributed by atoms with Crippen LogP contribution in [0.2, 0.25) is 10.0 Å². The minimum Gasteiger partial charge on any atom is -0.488 e. The summed E-state index contributed by atoms with van der Waals surface area (Å²) in [6.45, 7) is 0.377. The standard InChI is InChI=1S/C24H16BrCl2N3O3S/c25-19-11-15(3-10-20(19)33-13-14-1-6-17(26)7-2-14)12-21(23(31)32)34-24-28-22(29-30-24)16-4-8-18(27)9-5-16/h1-12H,13H2,(H,31,32)(H,28,29,30)/b21-12-. The Bertz CT molecular complexity index is 1340. The number of thioether (sulfide) groups is 1. The zero-order chi connectivity index (χ0) is 24.1. The van der Waals surface area contributed by atoms with Crippen LogP contribution in [0, 0.1) is 0 Å². The van der Waals surface area contributed by atoms with Crippen LogP contribution in [-0.2, 0) is 11.4 Å². The highest BCUT2D eigenvalue weighted by Gasteiger charge is 2.15. The first-order valence-corrected chi connectivity index (χ1v) is 12.2. The molecule has 0 atom stereocenters. The molecule has 0 saturated carbocycles. The largest absolute Gasteiger partial charge is 0.488 e. The lowest BCUT2D eigenvalue weighted by atomic mass is 10.2. The fraction of sp³-hybridized carbons (Fsp3) is 0.0417. The third kappa shape index (κ3) is 6.42. The molecule has 1 heterocycles. The van der Waals surface area contributed by atoms with Gasteiger partial charge in [0.05, 0.1) is 4.47 Å². The molecule has 0 fully saturated rings. The molecule has 0 spiro atoms. The van der Waals surface area contributed by atoms with Crippen LogP contribution in [0.15, 0.2) is 81.3 Å². The van der Waals surface area contributed by atoms with Gasteiger partial charge in [-0.1, -0.05) is 41.4 Å². The van der Waals surface area contributed by atoms with E-state index in [1.807, 2.05) is 12.1 Å². The molecule has 34 heavy (non-hydrogen) atoms. The fourth-order valence-electron chi connectivity index (χ4n) is 2.88. The Balaban J connectivity index is 1.47. The van der Waals surface area contributed by atoms with Gasteiger partial charge in [-0.05, 0) is 93.4 Å². The van der Waals surface area contributed by atoms with Crippen LogP contribution in [0.4, 0.5) is 0 Å². The van der Waals surface area contributed by atoms with E-state index >= 15 is 0 Å². The molecule has 0 aliphatic heterocycles. The lowest BCUT2D eigenvalue weighted by molar-refractivity contribution is -0.131. The zero-order valence-electron chi connectivity index (χ0n) is 17.3. The van der Waals surface area contributed by atoms with Crippen molar-refractivity contribution in [3.05, 3.63) is 97.3 Å². The maximum Gasteiger partial charge on any atom is 0.342 e. The number of hydrogen-bond acceptors (Lipinski definition) is 5. The molecular formula is C24H16BrCl2N3O3S. The van der Waals surface area contributed by atoms with E-state index in [1.165, 1.54) is 0 Å². The van der Waals surface area contributed by atoms with Crippen LogP contribution >= 0.6 is 50.9 Å². The number of aromatic nitrogens is 3. The minimum atomic E-state index is -1.08. The summed E-state index contributed by atoms with van der Waals surface area (Å²) in [6, 6.07) is 19.9. The van der Waals surface area contributed by atoms with Crippen molar-refractivity contribution in [1.82, 2.24) is 15.2 Å². The molecule has 1 aromatic heterocycles. The van der Waals surface area contributed by atoms with Crippen molar-refractivity contribution >= 4 is 62.9 Å². The molecule has 4 aromatic rings. The summed E-state index contributed by atoms with van der Waals surface area (Å²) in [5.74, 6) is 0.0778. The second-order valence-corrected chi connectivity index (χ2v) is 9.73. The second kappa shape index (κ2) is 11.1. The normalized spacial score (nSPS) is 11.4. The maximum absolute atomic E-state index is 11.8. The number of rotatable bonds is 8. The number of nitrogens with one attached hydrogen (secondary N) is 1. The molecule has 4 rings (SSSR count). The van der Waals surface area contributed by atoms with E-state index in [0.29, 0.717) is 43.4 Å². The van der Waals surface area contributed by atoms with E-state index in [-0.39, 0.29) is 4.91 Å². The number of carboxylic acid groups (broad SMARTS) is 1. The van der Waals surface area contributed by atoms with E-state index in [0.717, 1.165) is 22.9 Å². The average Bonchev–Trinajstić information content (AvgIpc) is 3.28. The number of carbonyl (C=O) groups is 1. The van der Waals surface area contributed by atoms with E-state index in [2.05, 4.69) is 31.1 Å². The van der Waals surface area contributed by atoms with Crippen LogP contribution in [0.3, 0.4) is 0 Å². The highest BCUT2D eigenvalue weighted by Crippen LogP contribution is 2.31. The first-order valence-electron chi connectivity index (χ1n) is 9.85. The van der Waals surface area contributed by atoms with E-state index < -0.39 is 5.97 Å². The summed E-state index contributed by atoms with van der Waals surface area (Å²) in [5, 5.41) is 18.2. The van der Waals surface area contributed by atoms with Gasteiger partial charge in [-0.25, -0.2) is 9.78 Å². The van der Waals surface area contributed by atoms with Gasteiger partial charge in [0.1, 0.15) is 17.3 Å². The molecule has 6 nitrogen and oxygen atoms in total. The second-order valence-electron chi connectivity index (χ2n) is 6.99. The topological polar surface area (TPSA) is 88.1 Å². The van der Waals surface area contributed by atoms with Gasteiger partial charge in [0.15, 0.2) is 5.82 Å². The monoisotopic (exact) mass is 575 g/mol. The first-order chi connectivity index (χ1) is 16.4. The molecule has 0 aliphatic carbocycles. The summed E-state index contributed by atoms with van der Waals surface area (Å²) in [7, 11) is 0. The third-order valence-electron chi connectivity index (χ3n) is 4.56. The number of aromatic amines is 1. The van der Waals surface area contributed by atoms with Gasteiger partial charge in [-0.15, -0.1) is 5.10 Å². The van der Waals surface area contributed by atoms with Crippen LogP contribution in [0.5, 0.6) is 5.75 Å². The Kier molecular flexibility index (Phi) is 7.95. The molecule has 0 amide bonds. The Labute approximate surface area is 218 Å². The predicted molar refractivity (Wildman–Crippen MR) is 138 cm³/mol. The van der Waals surface area contributed by atoms with Crippen molar-refractivity contribution in [2.75, 3.05) is 0 Å². The third-order valence-corrected chi connectivity index (χ3v) is 6.56. The molecule has 172 valence electrons. The van der Waals surface area contributed by atoms with Crippen LogP contribution < -0.4 is 4.74 Å². The van der Waals surface area contributed by atoms with Gasteiger partial charge in [-0.2, -0.15) is 0 Å². The minimum absolute atomic E-state index is 0.0726. The first kappa shape index (κ1) is 24.3. The van der Waals surface area contributed by atoms with Gasteiger partial charge in [0.2, 0.25) is 5.16 Å². The number of aliphatic carboxylic acids is 1. The van der Waals surface area contributed by atoms with Crippen molar-refractivity contribution in [3.63, 3.8) is 0 Å². The summed E-state index contributed by atoms with van der Waals surface area (Å²) < 4.78 is 6.56. The molecular weight excluding hydrogens is 561 g/mol. The van der Waals surface area contributed by atoms with E-state index in [1.54, 1.807) is 60.7 Å². The van der Waals surface area contributed by atoms with Crippen molar-refractivity contribution in [2.45, 2.75) is 11.8 Å². The van der Waals surface area contributed by atoms with Crippen molar-refractivity contribution in [2.24, 2.45) is 0 Å². The molecule has 10 heteroatoms. The van der Waals surface area contributed by atoms with Crippen molar-refractivity contribution in [3.8, 4) is 17.1 Å². The summed E-state index contributed by atoms with van der Waals surface area (Å²) in [4.78, 5) is 16.3. The molecule has 0 radical (unpaired) electrons. The Hall–Kier alpha value is -2.78. The Morgan fingerprint density at radius 2 is 1.74 bits per heavy atom. The number of ether oxygens (including phenoxy) is 1. The summed E-state index contributed by atoms with van der Waals surface area (Å²) in [6.07, 6.45) is 1.55. The number of nitrogens with zero attached hydrogens (tertiary/aromatic N) is 2. The van der Waals surface area contributed by atoms with Crippen molar-refractivity contribution < 1.29 is 14.6 Å². The zero-order valence-corrected chi connectivity index (χ0v) is 21.2. The highest BCUT2D eigenvalue weighted by molar-refractivity contribution is 9.10. The fourth-order valence-corrected chi connectivity index (χ4v) is 4.35. The van der Waals surface area contributed by atoms with Crippen LogP contribution in [0.1, 0.15) is 11.1 Å². The van der Waals surface area contributed by atoms with Gasteiger partial charge in [-0.3, -0.25) is 5.10 Å². The van der Waals surface area contributed by atoms with Crippen LogP contribution in [0.25, 0.3) is 17.5 Å². The average molecular weight is 577 g/mol. The van der Waals surface area contributed by atoms with Gasteiger partial charge < -0.3 is 9.84 Å². The number of H-pyrrole nitrogens is 1. The summed E-state index contributed by atoms with van der Waals surface area (Å²) in [5.41, 5.74) is 2.46. The van der Waals surface area contributed by atoms with E-state index in [9.17, 15) is 9.90 Å². The van der Waals surface area contributed by atoms with Crippen LogP contribution in [-0.4, -0.2) is 26.3 Å². The number of hydrogen-bond donors (Lipinski definition) is 2. The SMILES string of the molecule is O=C(O)/C(=C/c1ccc(OCc2ccc(Cl)cc2)c(Br)c1)Sc1n[nH]c(-c2ccc(Cl)cc2)n1. The number of carboxylic acids is 1. The highest BCUT2D eigenvalue weighted by atomic mass is 79.9. The van der Waals surface area contributed by atoms with Gasteiger partial charge >= 0.3 is 5.97 Å². The molecule has 0 aliphatic rings. The molecule has 0 bridgehead atoms. The van der Waals surface area contributed by atoms with Gasteiger partial charge in [0, 0.05) is 15.6 Å². The van der Waals surface area contributed by atoms with Crippen molar-refractivity contribution in [1.29, 1.82) is 0 Å². The molecule has 0 unspecified atom stereocenters. The quantitative estimate of drug-likeness (QED) is 0.168. The van der Waals surface area contributed by atoms with E-state index in [4.69, 9.17) is 27.9 Å². The number of benzene rings is 3. The Morgan fingerprint density at radius 1 is 1.06 bits per heavy atom. The maximum atomic E-state index is 11.8. The summed E-state index contributed by atoms with van der Waals surface area (Å²) >= 11 is 16.3. The molecule has 0 saturated heterocycles. The van der Waals surface area contributed by atoms with Gasteiger partial charge in [0.25, 0.3) is 0 Å². The smallest absolute Gasteiger partial charge is 0.342 e. The lowest BCUT2D eigenvalue weighted by Crippen LogP contribution is -1.98. The molecule has 2 N–H and O–H groups in total.